The van der Waals surface area contributed by atoms with E-state index in [0.29, 0.717) is 17.4 Å². The van der Waals surface area contributed by atoms with Gasteiger partial charge in [0, 0.05) is 0 Å². The molecule has 0 aromatic carbocycles. The zero-order valence-electron chi connectivity index (χ0n) is 9.84. The number of thiocarbonyl (C=S) groups is 1. The van der Waals surface area contributed by atoms with E-state index in [1.807, 2.05) is 31.2 Å². The van der Waals surface area contributed by atoms with Crippen LogP contribution < -0.4 is 10.7 Å². The summed E-state index contributed by atoms with van der Waals surface area (Å²) < 4.78 is 10.5. The van der Waals surface area contributed by atoms with Gasteiger partial charge in [-0.25, -0.2) is 0 Å². The summed E-state index contributed by atoms with van der Waals surface area (Å²) in [4.78, 5) is 0. The number of hydrogen-bond donors (Lipinski definition) is 2. The third-order valence-corrected chi connectivity index (χ3v) is 2.36. The number of hydrazone groups is 1. The molecular formula is C12H13N3O2S. The number of nitrogens with one attached hydrogen (secondary N) is 2. The summed E-state index contributed by atoms with van der Waals surface area (Å²) in [6, 6.07) is 7.39. The quantitative estimate of drug-likeness (QED) is 0.503. The van der Waals surface area contributed by atoms with E-state index in [1.54, 1.807) is 12.5 Å². The van der Waals surface area contributed by atoms with Crippen LogP contribution in [0.1, 0.15) is 17.3 Å². The third-order valence-electron chi connectivity index (χ3n) is 2.12. The smallest absolute Gasteiger partial charge is 0.187 e. The molecule has 0 aliphatic rings. The minimum absolute atomic E-state index is 0.422. The molecule has 6 heteroatoms. The fourth-order valence-corrected chi connectivity index (χ4v) is 1.42. The van der Waals surface area contributed by atoms with E-state index in [9.17, 15) is 0 Å². The van der Waals surface area contributed by atoms with Gasteiger partial charge in [-0.05, 0) is 43.4 Å². The zero-order chi connectivity index (χ0) is 12.8. The molecule has 0 spiro atoms. The first kappa shape index (κ1) is 12.4. The fraction of sp³-hybridized carbons (Fsp3) is 0.167. The highest BCUT2D eigenvalue weighted by Crippen LogP contribution is 2.02. The predicted octanol–water partition coefficient (Wildman–Crippen LogP) is 2.18. The third kappa shape index (κ3) is 3.74. The van der Waals surface area contributed by atoms with Crippen molar-refractivity contribution in [3.05, 3.63) is 47.8 Å². The van der Waals surface area contributed by atoms with Gasteiger partial charge in [-0.15, -0.1) is 0 Å². The maximum Gasteiger partial charge on any atom is 0.187 e. The van der Waals surface area contributed by atoms with E-state index in [2.05, 4.69) is 15.8 Å². The number of hydrogen-bond acceptors (Lipinski definition) is 4. The Kier molecular flexibility index (Phi) is 4.14. The zero-order valence-corrected chi connectivity index (χ0v) is 10.7. The van der Waals surface area contributed by atoms with Gasteiger partial charge in [0.1, 0.15) is 17.3 Å². The number of furan rings is 2. The van der Waals surface area contributed by atoms with Crippen LogP contribution in [0.15, 0.2) is 44.5 Å². The van der Waals surface area contributed by atoms with Crippen molar-refractivity contribution in [1.82, 2.24) is 10.7 Å². The minimum atomic E-state index is 0.422. The van der Waals surface area contributed by atoms with Gasteiger partial charge >= 0.3 is 0 Å². The maximum absolute atomic E-state index is 5.32. The molecule has 2 aromatic heterocycles. The van der Waals surface area contributed by atoms with E-state index < -0.39 is 0 Å². The SMILES string of the molecule is Cc1ccc(/C=N/NC(=S)NCc2ccco2)o1. The van der Waals surface area contributed by atoms with Crippen molar-refractivity contribution < 1.29 is 8.83 Å². The molecule has 0 bridgehead atoms. The molecule has 0 amide bonds. The van der Waals surface area contributed by atoms with Gasteiger partial charge in [0.15, 0.2) is 5.11 Å². The van der Waals surface area contributed by atoms with Crippen molar-refractivity contribution >= 4 is 23.5 Å². The molecule has 18 heavy (non-hydrogen) atoms. The molecular weight excluding hydrogens is 250 g/mol. The van der Waals surface area contributed by atoms with Gasteiger partial charge in [-0.3, -0.25) is 5.43 Å². The van der Waals surface area contributed by atoms with Crippen molar-refractivity contribution in [1.29, 1.82) is 0 Å². The Morgan fingerprint density at radius 2 is 2.33 bits per heavy atom. The molecule has 94 valence electrons. The van der Waals surface area contributed by atoms with Crippen molar-refractivity contribution in [3.8, 4) is 0 Å². The van der Waals surface area contributed by atoms with E-state index in [4.69, 9.17) is 21.1 Å². The monoisotopic (exact) mass is 263 g/mol. The predicted molar refractivity (Wildman–Crippen MR) is 72.3 cm³/mol. The molecule has 0 aliphatic carbocycles. The highest BCUT2D eigenvalue weighted by atomic mass is 32.1. The average Bonchev–Trinajstić information content (AvgIpc) is 2.98. The minimum Gasteiger partial charge on any atom is -0.467 e. The molecule has 0 fully saturated rings. The van der Waals surface area contributed by atoms with Crippen LogP contribution in [-0.4, -0.2) is 11.3 Å². The van der Waals surface area contributed by atoms with Gasteiger partial charge in [-0.2, -0.15) is 5.10 Å². The summed E-state index contributed by atoms with van der Waals surface area (Å²) in [6.07, 6.45) is 3.18. The summed E-state index contributed by atoms with van der Waals surface area (Å²) in [5.41, 5.74) is 2.69. The van der Waals surface area contributed by atoms with Gasteiger partial charge < -0.3 is 14.2 Å². The molecule has 2 aromatic rings. The second kappa shape index (κ2) is 6.02. The number of aryl methyl sites for hydroxylation is 1. The molecule has 5 nitrogen and oxygen atoms in total. The van der Waals surface area contributed by atoms with Gasteiger partial charge in [0.05, 0.1) is 19.0 Å². The highest BCUT2D eigenvalue weighted by molar-refractivity contribution is 7.80. The molecule has 0 unspecified atom stereocenters. The topological polar surface area (TPSA) is 62.7 Å². The summed E-state index contributed by atoms with van der Waals surface area (Å²) in [5, 5.41) is 7.33. The molecule has 0 atom stereocenters. The summed E-state index contributed by atoms with van der Waals surface area (Å²) in [6.45, 7) is 2.40. The largest absolute Gasteiger partial charge is 0.467 e. The Hall–Kier alpha value is -2.08. The lowest BCUT2D eigenvalue weighted by atomic mass is 10.4. The molecule has 2 heterocycles. The Labute approximate surface area is 110 Å². The van der Waals surface area contributed by atoms with Gasteiger partial charge in [0.25, 0.3) is 0 Å². The van der Waals surface area contributed by atoms with Crippen LogP contribution in [0.25, 0.3) is 0 Å². The Morgan fingerprint density at radius 1 is 1.44 bits per heavy atom. The molecule has 0 radical (unpaired) electrons. The van der Waals surface area contributed by atoms with Crippen LogP contribution in [0.2, 0.25) is 0 Å². The molecule has 2 rings (SSSR count). The van der Waals surface area contributed by atoms with E-state index in [1.165, 1.54) is 0 Å². The second-order valence-corrected chi connectivity index (χ2v) is 3.99. The van der Waals surface area contributed by atoms with Crippen molar-refractivity contribution in [3.63, 3.8) is 0 Å². The van der Waals surface area contributed by atoms with Gasteiger partial charge in [-0.1, -0.05) is 0 Å². The van der Waals surface area contributed by atoms with Crippen LogP contribution >= 0.6 is 12.2 Å². The Balaban J connectivity index is 1.73. The fourth-order valence-electron chi connectivity index (χ4n) is 1.30. The maximum atomic E-state index is 5.32. The van der Waals surface area contributed by atoms with Crippen LogP contribution in [0.3, 0.4) is 0 Å². The molecule has 0 aliphatic heterocycles. The van der Waals surface area contributed by atoms with Crippen LogP contribution in [-0.2, 0) is 6.54 Å². The molecule has 0 saturated carbocycles. The standard InChI is InChI=1S/C12H13N3O2S/c1-9-4-5-11(17-9)8-14-15-12(18)13-7-10-3-2-6-16-10/h2-6,8H,7H2,1H3,(H2,13,15,18)/b14-8+. The lowest BCUT2D eigenvalue weighted by Gasteiger charge is -2.04. The number of nitrogens with zero attached hydrogens (tertiary/aromatic N) is 1. The van der Waals surface area contributed by atoms with Crippen molar-refractivity contribution in [2.24, 2.45) is 5.10 Å². The second-order valence-electron chi connectivity index (χ2n) is 3.58. The lowest BCUT2D eigenvalue weighted by molar-refractivity contribution is 0.502. The van der Waals surface area contributed by atoms with Crippen LogP contribution in [0.4, 0.5) is 0 Å². The Morgan fingerprint density at radius 3 is 3.00 bits per heavy atom. The summed E-state index contributed by atoms with van der Waals surface area (Å²) >= 11 is 5.04. The first-order valence-electron chi connectivity index (χ1n) is 5.40. The van der Waals surface area contributed by atoms with E-state index >= 15 is 0 Å². The van der Waals surface area contributed by atoms with Crippen molar-refractivity contribution in [2.75, 3.05) is 0 Å². The average molecular weight is 263 g/mol. The number of rotatable bonds is 4. The van der Waals surface area contributed by atoms with E-state index in [-0.39, 0.29) is 0 Å². The molecule has 2 N–H and O–H groups in total. The van der Waals surface area contributed by atoms with Crippen molar-refractivity contribution in [2.45, 2.75) is 13.5 Å². The molecule has 0 saturated heterocycles. The Bertz CT molecular complexity index is 531. The van der Waals surface area contributed by atoms with Gasteiger partial charge in [0.2, 0.25) is 0 Å². The first-order chi connectivity index (χ1) is 8.74. The summed E-state index contributed by atoms with van der Waals surface area (Å²) in [5.74, 6) is 2.33. The van der Waals surface area contributed by atoms with Crippen LogP contribution in [0.5, 0.6) is 0 Å². The first-order valence-corrected chi connectivity index (χ1v) is 5.80. The highest BCUT2D eigenvalue weighted by Gasteiger charge is 1.97. The summed E-state index contributed by atoms with van der Waals surface area (Å²) in [7, 11) is 0. The lowest BCUT2D eigenvalue weighted by Crippen LogP contribution is -2.31. The van der Waals surface area contributed by atoms with Crippen LogP contribution in [0, 0.1) is 6.92 Å². The normalized spacial score (nSPS) is 10.7. The van der Waals surface area contributed by atoms with E-state index in [0.717, 1.165) is 11.5 Å².